The molecule has 3 rings (SSSR count). The van der Waals surface area contributed by atoms with Crippen molar-refractivity contribution in [2.75, 3.05) is 7.05 Å². The van der Waals surface area contributed by atoms with Crippen LogP contribution in [0.5, 0.6) is 0 Å². The Bertz CT molecular complexity index is 581. The van der Waals surface area contributed by atoms with Crippen LogP contribution in [0.15, 0.2) is 0 Å². The molecule has 0 saturated heterocycles. The standard InChI is InChI=1S/C16H23N3O3/c1-19(15(20)10-6-7-11(8-10)16(21)22)9-14-12-4-2-3-5-13(12)17-18-14/h10-11H,2-9H2,1H3,(H,17,18)(H,21,22)/t10-,11+/m0/s1. The number of aromatic amines is 1. The van der Waals surface area contributed by atoms with Gasteiger partial charge < -0.3 is 10.0 Å². The number of H-pyrrole nitrogens is 1. The molecule has 1 amide bonds. The smallest absolute Gasteiger partial charge is 0.306 e. The fraction of sp³-hybridized carbons (Fsp3) is 0.688. The Morgan fingerprint density at radius 1 is 1.27 bits per heavy atom. The highest BCUT2D eigenvalue weighted by Gasteiger charge is 2.35. The monoisotopic (exact) mass is 305 g/mol. The van der Waals surface area contributed by atoms with E-state index in [1.807, 2.05) is 0 Å². The Kier molecular flexibility index (Phi) is 4.18. The molecule has 1 aromatic rings. The molecule has 2 atom stereocenters. The van der Waals surface area contributed by atoms with Gasteiger partial charge in [-0.3, -0.25) is 14.7 Å². The highest BCUT2D eigenvalue weighted by Crippen LogP contribution is 2.32. The van der Waals surface area contributed by atoms with Crippen LogP contribution in [0.2, 0.25) is 0 Å². The maximum atomic E-state index is 12.5. The molecule has 0 radical (unpaired) electrons. The Morgan fingerprint density at radius 2 is 2.00 bits per heavy atom. The zero-order valence-corrected chi connectivity index (χ0v) is 13.0. The number of rotatable bonds is 4. The van der Waals surface area contributed by atoms with E-state index in [-0.39, 0.29) is 17.7 Å². The maximum absolute atomic E-state index is 12.5. The summed E-state index contributed by atoms with van der Waals surface area (Å²) >= 11 is 0. The molecule has 2 aliphatic carbocycles. The van der Waals surface area contributed by atoms with Crippen LogP contribution in [0.4, 0.5) is 0 Å². The molecule has 0 spiro atoms. The van der Waals surface area contributed by atoms with Crippen LogP contribution in [-0.2, 0) is 29.0 Å². The van der Waals surface area contributed by atoms with Crippen molar-refractivity contribution in [3.8, 4) is 0 Å². The molecule has 0 bridgehead atoms. The largest absolute Gasteiger partial charge is 0.481 e. The summed E-state index contributed by atoms with van der Waals surface area (Å²) in [6, 6.07) is 0. The van der Waals surface area contributed by atoms with Crippen molar-refractivity contribution >= 4 is 11.9 Å². The topological polar surface area (TPSA) is 86.3 Å². The quantitative estimate of drug-likeness (QED) is 0.887. The molecule has 6 nitrogen and oxygen atoms in total. The Labute approximate surface area is 129 Å². The van der Waals surface area contributed by atoms with E-state index in [1.165, 1.54) is 24.1 Å². The van der Waals surface area contributed by atoms with Gasteiger partial charge in [0.05, 0.1) is 18.2 Å². The minimum Gasteiger partial charge on any atom is -0.481 e. The van der Waals surface area contributed by atoms with Crippen LogP contribution in [-0.4, -0.2) is 39.1 Å². The lowest BCUT2D eigenvalue weighted by Crippen LogP contribution is -2.32. The zero-order chi connectivity index (χ0) is 15.7. The molecule has 6 heteroatoms. The van der Waals surface area contributed by atoms with Gasteiger partial charge in [0.15, 0.2) is 0 Å². The number of nitrogens with one attached hydrogen (secondary N) is 1. The van der Waals surface area contributed by atoms with Crippen molar-refractivity contribution in [3.63, 3.8) is 0 Å². The highest BCUT2D eigenvalue weighted by molar-refractivity contribution is 5.80. The van der Waals surface area contributed by atoms with E-state index in [4.69, 9.17) is 5.11 Å². The van der Waals surface area contributed by atoms with Crippen LogP contribution in [0.25, 0.3) is 0 Å². The zero-order valence-electron chi connectivity index (χ0n) is 13.0. The van der Waals surface area contributed by atoms with Gasteiger partial charge in [0.2, 0.25) is 5.91 Å². The normalized spacial score (nSPS) is 24.0. The molecule has 1 aromatic heterocycles. The maximum Gasteiger partial charge on any atom is 0.306 e. The number of amides is 1. The van der Waals surface area contributed by atoms with E-state index in [9.17, 15) is 9.59 Å². The second-order valence-corrected chi connectivity index (χ2v) is 6.57. The van der Waals surface area contributed by atoms with Crippen molar-refractivity contribution in [1.82, 2.24) is 15.1 Å². The molecule has 0 unspecified atom stereocenters. The van der Waals surface area contributed by atoms with Crippen LogP contribution in [0.3, 0.4) is 0 Å². The fourth-order valence-electron chi connectivity index (χ4n) is 3.72. The van der Waals surface area contributed by atoms with E-state index in [0.717, 1.165) is 18.5 Å². The second kappa shape index (κ2) is 6.10. The number of carbonyl (C=O) groups is 2. The lowest BCUT2D eigenvalue weighted by Gasteiger charge is -2.21. The first-order chi connectivity index (χ1) is 10.6. The predicted molar refractivity (Wildman–Crippen MR) is 80.2 cm³/mol. The molecular formula is C16H23N3O3. The predicted octanol–water partition coefficient (Wildman–Crippen LogP) is 1.75. The molecule has 2 aliphatic rings. The van der Waals surface area contributed by atoms with Crippen LogP contribution in [0.1, 0.15) is 49.1 Å². The van der Waals surface area contributed by atoms with E-state index in [0.29, 0.717) is 25.8 Å². The number of aliphatic carboxylic acids is 1. The SMILES string of the molecule is CN(Cc1n[nH]c2c1CCCC2)C(=O)[C@H]1CC[C@@H](C(=O)O)C1. The van der Waals surface area contributed by atoms with Gasteiger partial charge in [0.25, 0.3) is 0 Å². The summed E-state index contributed by atoms with van der Waals surface area (Å²) in [6.07, 6.45) is 6.21. The fourth-order valence-corrected chi connectivity index (χ4v) is 3.72. The lowest BCUT2D eigenvalue weighted by molar-refractivity contribution is -0.141. The highest BCUT2D eigenvalue weighted by atomic mass is 16.4. The number of carboxylic acid groups (broad SMARTS) is 1. The minimum atomic E-state index is -0.778. The summed E-state index contributed by atoms with van der Waals surface area (Å²) in [4.78, 5) is 25.2. The third-order valence-electron chi connectivity index (χ3n) is 5.04. The van der Waals surface area contributed by atoms with Gasteiger partial charge in [-0.2, -0.15) is 5.10 Å². The first kappa shape index (κ1) is 15.1. The average molecular weight is 305 g/mol. The molecule has 120 valence electrons. The molecule has 2 N–H and O–H groups in total. The van der Waals surface area contributed by atoms with Crippen LogP contribution >= 0.6 is 0 Å². The Balaban J connectivity index is 1.62. The van der Waals surface area contributed by atoms with Crippen molar-refractivity contribution < 1.29 is 14.7 Å². The number of aryl methyl sites for hydroxylation is 1. The molecule has 0 aromatic carbocycles. The summed E-state index contributed by atoms with van der Waals surface area (Å²) in [6.45, 7) is 0.513. The summed E-state index contributed by atoms with van der Waals surface area (Å²) < 4.78 is 0. The van der Waals surface area contributed by atoms with Gasteiger partial charge in [0, 0.05) is 18.7 Å². The first-order valence-electron chi connectivity index (χ1n) is 8.09. The Hall–Kier alpha value is -1.85. The number of hydrogen-bond donors (Lipinski definition) is 2. The summed E-state index contributed by atoms with van der Waals surface area (Å²) in [5, 5.41) is 16.5. The molecule has 0 aliphatic heterocycles. The molecule has 1 heterocycles. The van der Waals surface area contributed by atoms with Gasteiger partial charge in [-0.1, -0.05) is 0 Å². The number of carboxylic acids is 1. The number of aromatic nitrogens is 2. The third kappa shape index (κ3) is 2.87. The van der Waals surface area contributed by atoms with E-state index in [2.05, 4.69) is 10.2 Å². The average Bonchev–Trinajstić information content (AvgIpc) is 3.14. The van der Waals surface area contributed by atoms with Crippen molar-refractivity contribution in [1.29, 1.82) is 0 Å². The molecule has 1 fully saturated rings. The molecule has 22 heavy (non-hydrogen) atoms. The number of carbonyl (C=O) groups excluding carboxylic acids is 1. The van der Waals surface area contributed by atoms with Crippen molar-refractivity contribution in [2.24, 2.45) is 11.8 Å². The molecular weight excluding hydrogens is 282 g/mol. The van der Waals surface area contributed by atoms with E-state index in [1.54, 1.807) is 11.9 Å². The van der Waals surface area contributed by atoms with Crippen LogP contribution in [0, 0.1) is 11.8 Å². The lowest BCUT2D eigenvalue weighted by atomic mass is 9.95. The van der Waals surface area contributed by atoms with E-state index < -0.39 is 5.97 Å². The van der Waals surface area contributed by atoms with Crippen LogP contribution < -0.4 is 0 Å². The van der Waals surface area contributed by atoms with Gasteiger partial charge in [-0.15, -0.1) is 0 Å². The first-order valence-corrected chi connectivity index (χ1v) is 8.09. The van der Waals surface area contributed by atoms with Gasteiger partial charge >= 0.3 is 5.97 Å². The van der Waals surface area contributed by atoms with E-state index >= 15 is 0 Å². The Morgan fingerprint density at radius 3 is 2.73 bits per heavy atom. The van der Waals surface area contributed by atoms with Crippen molar-refractivity contribution in [2.45, 2.75) is 51.5 Å². The number of fused-ring (bicyclic) bond motifs is 1. The van der Waals surface area contributed by atoms with Gasteiger partial charge in [-0.25, -0.2) is 0 Å². The van der Waals surface area contributed by atoms with Gasteiger partial charge in [0.1, 0.15) is 0 Å². The van der Waals surface area contributed by atoms with Crippen molar-refractivity contribution in [3.05, 3.63) is 17.0 Å². The summed E-state index contributed by atoms with van der Waals surface area (Å²) in [5.74, 6) is -1.24. The third-order valence-corrected chi connectivity index (χ3v) is 5.04. The summed E-state index contributed by atoms with van der Waals surface area (Å²) in [7, 11) is 1.79. The molecule has 1 saturated carbocycles. The number of nitrogens with zero attached hydrogens (tertiary/aromatic N) is 2. The minimum absolute atomic E-state index is 0.0521. The second-order valence-electron chi connectivity index (χ2n) is 6.57. The summed E-state index contributed by atoms with van der Waals surface area (Å²) in [5.41, 5.74) is 3.47. The number of hydrogen-bond acceptors (Lipinski definition) is 3. The van der Waals surface area contributed by atoms with Gasteiger partial charge in [-0.05, 0) is 50.5 Å².